The van der Waals surface area contributed by atoms with Gasteiger partial charge in [-0.1, -0.05) is 30.0 Å². The number of imidazole rings is 1. The molecule has 8 heteroatoms. The van der Waals surface area contributed by atoms with Crippen molar-refractivity contribution >= 4 is 38.5 Å². The minimum absolute atomic E-state index is 0.155. The molecular formula is C16H17N3O3S2. The lowest BCUT2D eigenvalue weighted by Gasteiger charge is -2.11. The predicted octanol–water partition coefficient (Wildman–Crippen LogP) is 2.40. The number of nitrogens with one attached hydrogen (secondary N) is 1. The molecule has 0 amide bonds. The summed E-state index contributed by atoms with van der Waals surface area (Å²) in [4.78, 5) is 13.9. The van der Waals surface area contributed by atoms with Gasteiger partial charge in [-0.25, -0.2) is 13.2 Å². The van der Waals surface area contributed by atoms with Gasteiger partial charge in [0, 0.05) is 23.9 Å². The highest BCUT2D eigenvalue weighted by Gasteiger charge is 2.15. The quantitative estimate of drug-likeness (QED) is 0.772. The van der Waals surface area contributed by atoms with Crippen molar-refractivity contribution in [2.24, 2.45) is 14.1 Å². The number of benzene rings is 2. The van der Waals surface area contributed by atoms with Gasteiger partial charge in [0.25, 0.3) is 0 Å². The number of hydrogen-bond donors (Lipinski definition) is 1. The van der Waals surface area contributed by atoms with Crippen molar-refractivity contribution in [3.63, 3.8) is 0 Å². The SMILES string of the molecule is Cn1c(=O)n(C)c2cc(Sc3ccccc3)c(NS(C)(=O)=O)cc21. The fourth-order valence-corrected chi connectivity index (χ4v) is 4.08. The number of hydrogen-bond acceptors (Lipinski definition) is 4. The Morgan fingerprint density at radius 1 is 1.00 bits per heavy atom. The molecule has 0 aliphatic rings. The minimum Gasteiger partial charge on any atom is -0.295 e. The van der Waals surface area contributed by atoms with Crippen LogP contribution in [0.3, 0.4) is 0 Å². The number of nitrogens with zero attached hydrogens (tertiary/aromatic N) is 2. The van der Waals surface area contributed by atoms with Crippen LogP contribution in [0.4, 0.5) is 5.69 Å². The van der Waals surface area contributed by atoms with Crippen LogP contribution in [0.1, 0.15) is 0 Å². The number of anilines is 1. The smallest absolute Gasteiger partial charge is 0.295 e. The van der Waals surface area contributed by atoms with E-state index in [1.165, 1.54) is 16.3 Å². The molecule has 2 aromatic carbocycles. The van der Waals surface area contributed by atoms with Crippen LogP contribution in [-0.2, 0) is 24.1 Å². The molecule has 0 aliphatic heterocycles. The zero-order chi connectivity index (χ0) is 17.5. The van der Waals surface area contributed by atoms with Gasteiger partial charge in [0.15, 0.2) is 0 Å². The van der Waals surface area contributed by atoms with E-state index in [0.717, 1.165) is 21.6 Å². The molecular weight excluding hydrogens is 346 g/mol. The van der Waals surface area contributed by atoms with Gasteiger partial charge in [-0.05, 0) is 24.3 Å². The molecule has 1 heterocycles. The maximum atomic E-state index is 12.1. The third kappa shape index (κ3) is 3.20. The molecule has 1 aromatic heterocycles. The van der Waals surface area contributed by atoms with E-state index in [4.69, 9.17) is 0 Å². The Bertz CT molecular complexity index is 1070. The molecule has 0 saturated heterocycles. The third-order valence-corrected chi connectivity index (χ3v) is 5.30. The van der Waals surface area contributed by atoms with E-state index < -0.39 is 10.0 Å². The van der Waals surface area contributed by atoms with E-state index in [9.17, 15) is 13.2 Å². The number of aryl methyl sites for hydroxylation is 2. The van der Waals surface area contributed by atoms with Gasteiger partial charge >= 0.3 is 5.69 Å². The first-order valence-corrected chi connectivity index (χ1v) is 9.87. The van der Waals surface area contributed by atoms with Crippen LogP contribution in [0.2, 0.25) is 0 Å². The first kappa shape index (κ1) is 16.7. The second kappa shape index (κ2) is 6.03. The Morgan fingerprint density at radius 3 is 2.17 bits per heavy atom. The maximum absolute atomic E-state index is 12.1. The van der Waals surface area contributed by atoms with Crippen LogP contribution < -0.4 is 10.4 Å². The predicted molar refractivity (Wildman–Crippen MR) is 97.2 cm³/mol. The van der Waals surface area contributed by atoms with Crippen molar-refractivity contribution in [1.82, 2.24) is 9.13 Å². The highest BCUT2D eigenvalue weighted by Crippen LogP contribution is 2.36. The van der Waals surface area contributed by atoms with Crippen LogP contribution in [0.15, 0.2) is 57.1 Å². The monoisotopic (exact) mass is 363 g/mol. The second-order valence-corrected chi connectivity index (χ2v) is 8.39. The van der Waals surface area contributed by atoms with Gasteiger partial charge in [-0.3, -0.25) is 13.9 Å². The average Bonchev–Trinajstić information content (AvgIpc) is 2.72. The van der Waals surface area contributed by atoms with Gasteiger partial charge in [0.1, 0.15) is 0 Å². The van der Waals surface area contributed by atoms with E-state index in [1.807, 2.05) is 36.4 Å². The van der Waals surface area contributed by atoms with Gasteiger partial charge < -0.3 is 0 Å². The summed E-state index contributed by atoms with van der Waals surface area (Å²) < 4.78 is 29.0. The Balaban J connectivity index is 2.22. The maximum Gasteiger partial charge on any atom is 0.328 e. The molecule has 0 atom stereocenters. The highest BCUT2D eigenvalue weighted by atomic mass is 32.2. The summed E-state index contributed by atoms with van der Waals surface area (Å²) in [7, 11) is -0.0690. The Kier molecular flexibility index (Phi) is 4.18. The van der Waals surface area contributed by atoms with Crippen molar-refractivity contribution in [2.75, 3.05) is 11.0 Å². The Morgan fingerprint density at radius 2 is 1.58 bits per heavy atom. The van der Waals surface area contributed by atoms with Crippen LogP contribution in [0.5, 0.6) is 0 Å². The standard InChI is InChI=1S/C16H17N3O3S2/c1-18-13-9-12(17-24(3,21)22)15(10-14(13)19(2)16(18)20)23-11-7-5-4-6-8-11/h4-10,17H,1-3H3. The molecule has 0 aliphatic carbocycles. The van der Waals surface area contributed by atoms with Crippen LogP contribution in [0.25, 0.3) is 11.0 Å². The summed E-state index contributed by atoms with van der Waals surface area (Å²) in [5, 5.41) is 0. The van der Waals surface area contributed by atoms with Crippen LogP contribution in [-0.4, -0.2) is 23.8 Å². The van der Waals surface area contributed by atoms with Gasteiger partial charge in [-0.2, -0.15) is 0 Å². The lowest BCUT2D eigenvalue weighted by Crippen LogP contribution is -2.19. The topological polar surface area (TPSA) is 73.1 Å². The van der Waals surface area contributed by atoms with Crippen molar-refractivity contribution in [3.05, 3.63) is 52.9 Å². The molecule has 126 valence electrons. The van der Waals surface area contributed by atoms with Crippen molar-refractivity contribution in [1.29, 1.82) is 0 Å². The first-order valence-electron chi connectivity index (χ1n) is 7.16. The van der Waals surface area contributed by atoms with E-state index >= 15 is 0 Å². The normalized spacial score (nSPS) is 11.8. The summed E-state index contributed by atoms with van der Waals surface area (Å²) in [6, 6.07) is 13.2. The van der Waals surface area contributed by atoms with Crippen molar-refractivity contribution in [2.45, 2.75) is 9.79 Å². The number of fused-ring (bicyclic) bond motifs is 1. The zero-order valence-electron chi connectivity index (χ0n) is 13.5. The molecule has 0 radical (unpaired) electrons. The molecule has 24 heavy (non-hydrogen) atoms. The highest BCUT2D eigenvalue weighted by molar-refractivity contribution is 7.99. The lowest BCUT2D eigenvalue weighted by atomic mass is 10.3. The van der Waals surface area contributed by atoms with Crippen molar-refractivity contribution in [3.8, 4) is 0 Å². The molecule has 0 saturated carbocycles. The molecule has 0 spiro atoms. The largest absolute Gasteiger partial charge is 0.328 e. The van der Waals surface area contributed by atoms with E-state index in [0.29, 0.717) is 11.2 Å². The van der Waals surface area contributed by atoms with Crippen LogP contribution >= 0.6 is 11.8 Å². The fourth-order valence-electron chi connectivity index (χ4n) is 2.51. The zero-order valence-corrected chi connectivity index (χ0v) is 15.1. The molecule has 3 aromatic rings. The molecule has 6 nitrogen and oxygen atoms in total. The van der Waals surface area contributed by atoms with E-state index in [2.05, 4.69) is 4.72 Å². The van der Waals surface area contributed by atoms with Crippen molar-refractivity contribution < 1.29 is 8.42 Å². The molecule has 3 rings (SSSR count). The summed E-state index contributed by atoms with van der Waals surface area (Å²) in [5.74, 6) is 0. The molecule has 0 unspecified atom stereocenters. The summed E-state index contributed by atoms with van der Waals surface area (Å²) in [5.41, 5.74) is 1.73. The minimum atomic E-state index is -3.43. The Labute approximate surface area is 144 Å². The molecule has 0 fully saturated rings. The third-order valence-electron chi connectivity index (χ3n) is 3.64. The summed E-state index contributed by atoms with van der Waals surface area (Å²) in [6.45, 7) is 0. The summed E-state index contributed by atoms with van der Waals surface area (Å²) in [6.07, 6.45) is 1.11. The molecule has 1 N–H and O–H groups in total. The molecule has 0 bridgehead atoms. The van der Waals surface area contributed by atoms with Crippen LogP contribution in [0, 0.1) is 0 Å². The van der Waals surface area contributed by atoms with Gasteiger partial charge in [0.2, 0.25) is 10.0 Å². The summed E-state index contributed by atoms with van der Waals surface area (Å²) >= 11 is 1.44. The average molecular weight is 363 g/mol. The van der Waals surface area contributed by atoms with Gasteiger partial charge in [-0.15, -0.1) is 0 Å². The Hall–Kier alpha value is -2.19. The lowest BCUT2D eigenvalue weighted by molar-refractivity contribution is 0.606. The first-order chi connectivity index (χ1) is 11.3. The van der Waals surface area contributed by atoms with E-state index in [-0.39, 0.29) is 5.69 Å². The fraction of sp³-hybridized carbons (Fsp3) is 0.188. The second-order valence-electron chi connectivity index (χ2n) is 5.53. The number of sulfonamides is 1. The number of rotatable bonds is 4. The van der Waals surface area contributed by atoms with Gasteiger partial charge in [0.05, 0.1) is 23.0 Å². The number of aromatic nitrogens is 2. The van der Waals surface area contributed by atoms with E-state index in [1.54, 1.807) is 24.7 Å².